The van der Waals surface area contributed by atoms with E-state index >= 15 is 0 Å². The van der Waals surface area contributed by atoms with Crippen LogP contribution in [0.1, 0.15) is 37.0 Å². The van der Waals surface area contributed by atoms with Crippen molar-refractivity contribution in [2.45, 2.75) is 45.4 Å². The van der Waals surface area contributed by atoms with Gasteiger partial charge in [0.1, 0.15) is 25.3 Å². The molecule has 3 amide bonds. The van der Waals surface area contributed by atoms with Gasteiger partial charge in [0.05, 0.1) is 18.5 Å². The van der Waals surface area contributed by atoms with E-state index in [-0.39, 0.29) is 37.6 Å². The van der Waals surface area contributed by atoms with E-state index in [2.05, 4.69) is 5.32 Å². The van der Waals surface area contributed by atoms with Crippen molar-refractivity contribution in [3.63, 3.8) is 0 Å². The standard InChI is InChI=1S/C28H36N6O7/c1-18(2)14-34(28(40)41-17-20-6-4-3-5-7-20)33(15-24(36)32-22(16-35)13-25(37)38)27(39)23(29)12-19-8-10-21(11-9-19)26(30)31/h3-11,16,18,22-23H,12-15,17,29H2,1-2H3,(H3,30,31)(H,32,36)(H,37,38)/t22-,23?/m0/s1. The summed E-state index contributed by atoms with van der Waals surface area (Å²) in [5.74, 6) is -3.25. The predicted octanol–water partition coefficient (Wildman–Crippen LogP) is 1.04. The van der Waals surface area contributed by atoms with E-state index in [0.29, 0.717) is 16.7 Å². The molecular formula is C28H36N6O7. The van der Waals surface area contributed by atoms with Crippen LogP contribution in [0.5, 0.6) is 0 Å². The van der Waals surface area contributed by atoms with Gasteiger partial charge in [0.15, 0.2) is 0 Å². The van der Waals surface area contributed by atoms with E-state index in [1.54, 1.807) is 68.4 Å². The molecule has 0 aliphatic rings. The Balaban J connectivity index is 2.33. The van der Waals surface area contributed by atoms with Gasteiger partial charge in [-0.3, -0.25) is 19.8 Å². The van der Waals surface area contributed by atoms with E-state index in [1.165, 1.54) is 0 Å². The smallest absolute Gasteiger partial charge is 0.429 e. The molecule has 2 aromatic carbocycles. The maximum atomic E-state index is 13.6. The number of nitrogens with zero attached hydrogens (tertiary/aromatic N) is 2. The molecular weight excluding hydrogens is 532 g/mol. The number of nitrogen functional groups attached to an aromatic ring is 1. The molecule has 2 aromatic rings. The molecule has 2 rings (SSSR count). The molecule has 13 nitrogen and oxygen atoms in total. The fraction of sp³-hybridized carbons (Fsp3) is 0.357. The second-order valence-corrected chi connectivity index (χ2v) is 9.74. The van der Waals surface area contributed by atoms with Gasteiger partial charge in [-0.05, 0) is 23.5 Å². The van der Waals surface area contributed by atoms with Crippen LogP contribution in [0, 0.1) is 11.3 Å². The third-order valence-corrected chi connectivity index (χ3v) is 5.74. The maximum absolute atomic E-state index is 13.6. The van der Waals surface area contributed by atoms with E-state index in [4.69, 9.17) is 26.7 Å². The van der Waals surface area contributed by atoms with E-state index in [0.717, 1.165) is 10.0 Å². The van der Waals surface area contributed by atoms with Crippen molar-refractivity contribution in [3.8, 4) is 0 Å². The number of aldehydes is 1. The van der Waals surface area contributed by atoms with Crippen LogP contribution in [0.4, 0.5) is 4.79 Å². The summed E-state index contributed by atoms with van der Waals surface area (Å²) in [5.41, 5.74) is 13.6. The summed E-state index contributed by atoms with van der Waals surface area (Å²) in [4.78, 5) is 62.1. The first-order valence-electron chi connectivity index (χ1n) is 12.9. The maximum Gasteiger partial charge on any atom is 0.429 e. The summed E-state index contributed by atoms with van der Waals surface area (Å²) in [6.07, 6.45) is -1.26. The quantitative estimate of drug-likeness (QED) is 0.0952. The van der Waals surface area contributed by atoms with E-state index in [9.17, 15) is 24.0 Å². The Hall–Kier alpha value is -4.78. The largest absolute Gasteiger partial charge is 0.481 e. The summed E-state index contributed by atoms with van der Waals surface area (Å²) in [6, 6.07) is 12.8. The van der Waals surface area contributed by atoms with Crippen molar-refractivity contribution >= 4 is 36.0 Å². The fourth-order valence-electron chi connectivity index (χ4n) is 3.76. The number of ether oxygens (including phenoxy) is 1. The van der Waals surface area contributed by atoms with Crippen molar-refractivity contribution in [3.05, 3.63) is 71.3 Å². The molecule has 1 unspecified atom stereocenters. The highest BCUT2D eigenvalue weighted by atomic mass is 16.6. The van der Waals surface area contributed by atoms with Crippen molar-refractivity contribution in [1.29, 1.82) is 5.41 Å². The van der Waals surface area contributed by atoms with Gasteiger partial charge in [-0.2, -0.15) is 0 Å². The van der Waals surface area contributed by atoms with Crippen LogP contribution >= 0.6 is 0 Å². The molecule has 0 aromatic heterocycles. The zero-order valence-corrected chi connectivity index (χ0v) is 23.0. The number of aliphatic carboxylic acids is 1. The first-order valence-corrected chi connectivity index (χ1v) is 12.9. The van der Waals surface area contributed by atoms with Gasteiger partial charge in [-0.1, -0.05) is 68.4 Å². The highest BCUT2D eigenvalue weighted by molar-refractivity contribution is 5.95. The minimum atomic E-state index is -1.34. The van der Waals surface area contributed by atoms with E-state index in [1.807, 2.05) is 0 Å². The molecule has 0 fully saturated rings. The van der Waals surface area contributed by atoms with Crippen LogP contribution in [0.25, 0.3) is 0 Å². The number of benzene rings is 2. The molecule has 7 N–H and O–H groups in total. The zero-order valence-electron chi connectivity index (χ0n) is 23.0. The summed E-state index contributed by atoms with van der Waals surface area (Å²) in [5, 5.41) is 20.6. The molecule has 13 heteroatoms. The number of carboxylic acids is 1. The SMILES string of the molecule is CC(C)CN(C(=O)OCc1ccccc1)N(CC(=O)N[C@H](C=O)CC(=O)O)C(=O)C(N)Cc1ccc(C(=N)N)cc1. The molecule has 0 spiro atoms. The number of nitrogens with one attached hydrogen (secondary N) is 2. The Morgan fingerprint density at radius 3 is 2.20 bits per heavy atom. The second kappa shape index (κ2) is 15.7. The summed E-state index contributed by atoms with van der Waals surface area (Å²) in [6.45, 7) is 2.76. The molecule has 0 radical (unpaired) electrons. The average molecular weight is 569 g/mol. The van der Waals surface area contributed by atoms with Crippen molar-refractivity contribution in [2.75, 3.05) is 13.1 Å². The zero-order chi connectivity index (χ0) is 30.5. The van der Waals surface area contributed by atoms with Gasteiger partial charge in [0.2, 0.25) is 5.91 Å². The number of amidine groups is 1. The number of nitrogens with two attached hydrogens (primary N) is 2. The lowest BCUT2D eigenvalue weighted by molar-refractivity contribution is -0.153. The van der Waals surface area contributed by atoms with E-state index < -0.39 is 48.9 Å². The van der Waals surface area contributed by atoms with Crippen LogP contribution in [0.3, 0.4) is 0 Å². The molecule has 0 saturated carbocycles. The summed E-state index contributed by atoms with van der Waals surface area (Å²) >= 11 is 0. The van der Waals surface area contributed by atoms with Gasteiger partial charge in [-0.25, -0.2) is 14.8 Å². The average Bonchev–Trinajstić information content (AvgIpc) is 2.93. The minimum Gasteiger partial charge on any atom is -0.481 e. The number of carbonyl (C=O) groups is 5. The lowest BCUT2D eigenvalue weighted by Crippen LogP contribution is -2.59. The molecule has 41 heavy (non-hydrogen) atoms. The molecule has 0 aliphatic heterocycles. The van der Waals surface area contributed by atoms with Gasteiger partial charge >= 0.3 is 12.1 Å². The number of carbonyl (C=O) groups excluding carboxylic acids is 4. The Morgan fingerprint density at radius 2 is 1.66 bits per heavy atom. The Morgan fingerprint density at radius 1 is 1.02 bits per heavy atom. The first kappa shape index (κ1) is 32.4. The van der Waals surface area contributed by atoms with Crippen molar-refractivity contribution < 1.29 is 33.8 Å². The Kier molecular flexibility index (Phi) is 12.4. The second-order valence-electron chi connectivity index (χ2n) is 9.74. The molecule has 0 heterocycles. The van der Waals surface area contributed by atoms with Gasteiger partial charge in [-0.15, -0.1) is 0 Å². The molecule has 220 valence electrons. The van der Waals surface area contributed by atoms with Crippen molar-refractivity contribution in [2.24, 2.45) is 17.4 Å². The van der Waals surface area contributed by atoms with Gasteiger partial charge in [0.25, 0.3) is 5.91 Å². The van der Waals surface area contributed by atoms with Crippen LogP contribution < -0.4 is 16.8 Å². The highest BCUT2D eigenvalue weighted by Crippen LogP contribution is 2.13. The number of hydrazine groups is 1. The van der Waals surface area contributed by atoms with Crippen LogP contribution in [-0.4, -0.2) is 76.3 Å². The lowest BCUT2D eigenvalue weighted by Gasteiger charge is -2.36. The number of carboxylic acid groups (broad SMARTS) is 1. The predicted molar refractivity (Wildman–Crippen MR) is 149 cm³/mol. The lowest BCUT2D eigenvalue weighted by atomic mass is 10.0. The molecule has 0 aliphatic carbocycles. The van der Waals surface area contributed by atoms with Crippen LogP contribution in [-0.2, 0) is 36.9 Å². The van der Waals surface area contributed by atoms with Crippen LogP contribution in [0.2, 0.25) is 0 Å². The normalized spacial score (nSPS) is 12.1. The minimum absolute atomic E-state index is 0.0150. The van der Waals surface area contributed by atoms with Gasteiger partial charge in [0, 0.05) is 12.1 Å². The van der Waals surface area contributed by atoms with Crippen LogP contribution in [0.15, 0.2) is 54.6 Å². The third kappa shape index (κ3) is 10.7. The fourth-order valence-corrected chi connectivity index (χ4v) is 3.76. The molecule has 0 bridgehead atoms. The summed E-state index contributed by atoms with van der Waals surface area (Å²) < 4.78 is 5.45. The Bertz CT molecular complexity index is 1220. The number of hydrogen-bond donors (Lipinski definition) is 5. The monoisotopic (exact) mass is 568 g/mol. The number of hydrogen-bond acceptors (Lipinski definition) is 8. The number of rotatable bonds is 14. The highest BCUT2D eigenvalue weighted by Gasteiger charge is 2.33. The summed E-state index contributed by atoms with van der Waals surface area (Å²) in [7, 11) is 0. The number of amides is 3. The molecule has 2 atom stereocenters. The third-order valence-electron chi connectivity index (χ3n) is 5.74. The van der Waals surface area contributed by atoms with Crippen molar-refractivity contribution in [1.82, 2.24) is 15.3 Å². The Labute approximate surface area is 237 Å². The first-order chi connectivity index (χ1) is 19.4. The topological polar surface area (TPSA) is 209 Å². The van der Waals surface area contributed by atoms with Gasteiger partial charge < -0.3 is 31.4 Å². The molecule has 0 saturated heterocycles.